The highest BCUT2D eigenvalue weighted by Gasteiger charge is 2.10. The maximum atomic E-state index is 12.7. The molecular formula is C9H5FO3. The van der Waals surface area contributed by atoms with Gasteiger partial charge in [0.25, 0.3) is 0 Å². The van der Waals surface area contributed by atoms with Crippen molar-refractivity contribution >= 4 is 16.9 Å². The van der Waals surface area contributed by atoms with Crippen LogP contribution in [0.3, 0.4) is 0 Å². The number of hydrogen-bond donors (Lipinski definition) is 1. The van der Waals surface area contributed by atoms with Gasteiger partial charge < -0.3 is 9.52 Å². The highest BCUT2D eigenvalue weighted by molar-refractivity contribution is 5.91. The monoisotopic (exact) mass is 180 g/mol. The summed E-state index contributed by atoms with van der Waals surface area (Å²) in [7, 11) is 0. The molecule has 0 aliphatic rings. The Morgan fingerprint density at radius 2 is 2.15 bits per heavy atom. The van der Waals surface area contributed by atoms with Crippen LogP contribution in [0, 0.1) is 5.82 Å². The second kappa shape index (κ2) is 2.58. The maximum Gasteiger partial charge on any atom is 0.371 e. The molecule has 0 saturated carbocycles. The van der Waals surface area contributed by atoms with Crippen molar-refractivity contribution in [3.05, 3.63) is 35.8 Å². The van der Waals surface area contributed by atoms with E-state index in [9.17, 15) is 9.18 Å². The second-order valence-corrected chi connectivity index (χ2v) is 2.60. The van der Waals surface area contributed by atoms with Crippen molar-refractivity contribution in [2.24, 2.45) is 0 Å². The number of carbonyl (C=O) groups is 1. The van der Waals surface area contributed by atoms with Gasteiger partial charge in [0.2, 0.25) is 5.76 Å². The smallest absolute Gasteiger partial charge is 0.371 e. The number of benzene rings is 1. The second-order valence-electron chi connectivity index (χ2n) is 2.60. The fourth-order valence-corrected chi connectivity index (χ4v) is 1.12. The van der Waals surface area contributed by atoms with Crippen molar-refractivity contribution in [3.8, 4) is 0 Å². The molecule has 1 heterocycles. The summed E-state index contributed by atoms with van der Waals surface area (Å²) in [6, 6.07) is 5.14. The molecule has 66 valence electrons. The van der Waals surface area contributed by atoms with Crippen LogP contribution in [0.5, 0.6) is 0 Å². The molecule has 0 saturated heterocycles. The standard InChI is InChI=1S/C9H5FO3/c10-6-1-2-7-5(3-6)4-8(13-7)9(11)12/h1-4H,(H,11,12). The van der Waals surface area contributed by atoms with E-state index in [-0.39, 0.29) is 5.76 Å². The summed E-state index contributed by atoms with van der Waals surface area (Å²) in [6.07, 6.45) is 0. The first-order valence-electron chi connectivity index (χ1n) is 3.59. The SMILES string of the molecule is O=C(O)c1cc2cc(F)ccc2o1. The van der Waals surface area contributed by atoms with Gasteiger partial charge in [0.15, 0.2) is 0 Å². The van der Waals surface area contributed by atoms with Gasteiger partial charge in [-0.05, 0) is 24.3 Å². The maximum absolute atomic E-state index is 12.7. The average molecular weight is 180 g/mol. The van der Waals surface area contributed by atoms with Gasteiger partial charge >= 0.3 is 5.97 Å². The van der Waals surface area contributed by atoms with Crippen molar-refractivity contribution in [2.75, 3.05) is 0 Å². The number of carboxylic acids is 1. The van der Waals surface area contributed by atoms with Crippen LogP contribution in [-0.4, -0.2) is 11.1 Å². The van der Waals surface area contributed by atoms with Crippen LogP contribution in [0.2, 0.25) is 0 Å². The molecule has 0 fully saturated rings. The summed E-state index contributed by atoms with van der Waals surface area (Å²) >= 11 is 0. The van der Waals surface area contributed by atoms with Gasteiger partial charge in [-0.25, -0.2) is 9.18 Å². The molecule has 3 nitrogen and oxygen atoms in total. The third-order valence-corrected chi connectivity index (χ3v) is 1.69. The summed E-state index contributed by atoms with van der Waals surface area (Å²) in [5.74, 6) is -1.75. The first-order chi connectivity index (χ1) is 6.16. The molecule has 0 radical (unpaired) electrons. The predicted octanol–water partition coefficient (Wildman–Crippen LogP) is 2.27. The predicted molar refractivity (Wildman–Crippen MR) is 43.1 cm³/mol. The van der Waals surface area contributed by atoms with Crippen molar-refractivity contribution in [2.45, 2.75) is 0 Å². The number of rotatable bonds is 1. The van der Waals surface area contributed by atoms with Crippen molar-refractivity contribution in [1.29, 1.82) is 0 Å². The van der Waals surface area contributed by atoms with E-state index in [4.69, 9.17) is 9.52 Å². The molecule has 0 atom stereocenters. The highest BCUT2D eigenvalue weighted by atomic mass is 19.1. The fraction of sp³-hybridized carbons (Fsp3) is 0. The van der Waals surface area contributed by atoms with E-state index in [1.165, 1.54) is 24.3 Å². The summed E-state index contributed by atoms with van der Waals surface area (Å²) < 4.78 is 17.6. The number of fused-ring (bicyclic) bond motifs is 1. The molecule has 0 bridgehead atoms. The van der Waals surface area contributed by atoms with Gasteiger partial charge in [0, 0.05) is 5.39 Å². The third kappa shape index (κ3) is 1.26. The molecule has 0 aliphatic heterocycles. The number of aromatic carboxylic acids is 1. The first-order valence-corrected chi connectivity index (χ1v) is 3.59. The quantitative estimate of drug-likeness (QED) is 0.732. The Morgan fingerprint density at radius 1 is 1.38 bits per heavy atom. The zero-order valence-corrected chi connectivity index (χ0v) is 6.45. The van der Waals surface area contributed by atoms with Gasteiger partial charge in [-0.15, -0.1) is 0 Å². The van der Waals surface area contributed by atoms with E-state index in [0.29, 0.717) is 11.0 Å². The van der Waals surface area contributed by atoms with Crippen LogP contribution < -0.4 is 0 Å². The molecule has 0 unspecified atom stereocenters. The summed E-state index contributed by atoms with van der Waals surface area (Å²) in [4.78, 5) is 10.5. The number of halogens is 1. The molecule has 13 heavy (non-hydrogen) atoms. The Bertz CT molecular complexity index is 473. The molecular weight excluding hydrogens is 175 g/mol. The third-order valence-electron chi connectivity index (χ3n) is 1.69. The zero-order valence-electron chi connectivity index (χ0n) is 6.45. The van der Waals surface area contributed by atoms with E-state index in [2.05, 4.69) is 0 Å². The fourth-order valence-electron chi connectivity index (χ4n) is 1.12. The van der Waals surface area contributed by atoms with Gasteiger partial charge in [-0.3, -0.25) is 0 Å². The Hall–Kier alpha value is -1.84. The Labute approximate surface area is 72.4 Å². The van der Waals surface area contributed by atoms with Gasteiger partial charge in [-0.2, -0.15) is 0 Å². The lowest BCUT2D eigenvalue weighted by molar-refractivity contribution is 0.0665. The first kappa shape index (κ1) is 7.79. The molecule has 4 heteroatoms. The minimum absolute atomic E-state index is 0.180. The van der Waals surface area contributed by atoms with E-state index in [1.807, 2.05) is 0 Å². The van der Waals surface area contributed by atoms with E-state index < -0.39 is 11.8 Å². The lowest BCUT2D eigenvalue weighted by Crippen LogP contribution is -1.91. The molecule has 1 N–H and O–H groups in total. The molecule has 0 spiro atoms. The minimum Gasteiger partial charge on any atom is -0.475 e. The summed E-state index contributed by atoms with van der Waals surface area (Å²) in [6.45, 7) is 0. The molecule has 2 aromatic rings. The number of carboxylic acid groups (broad SMARTS) is 1. The minimum atomic E-state index is -1.16. The van der Waals surface area contributed by atoms with E-state index >= 15 is 0 Å². The van der Waals surface area contributed by atoms with Gasteiger partial charge in [-0.1, -0.05) is 0 Å². The normalized spacial score (nSPS) is 10.5. The van der Waals surface area contributed by atoms with Gasteiger partial charge in [0.1, 0.15) is 11.4 Å². The lowest BCUT2D eigenvalue weighted by atomic mass is 10.2. The van der Waals surface area contributed by atoms with Crippen LogP contribution in [0.1, 0.15) is 10.6 Å². The van der Waals surface area contributed by atoms with Gasteiger partial charge in [0.05, 0.1) is 0 Å². The van der Waals surface area contributed by atoms with Crippen LogP contribution in [0.25, 0.3) is 11.0 Å². The van der Waals surface area contributed by atoms with E-state index in [1.54, 1.807) is 0 Å². The molecule has 2 rings (SSSR count). The van der Waals surface area contributed by atoms with Crippen LogP contribution in [-0.2, 0) is 0 Å². The number of furan rings is 1. The topological polar surface area (TPSA) is 50.4 Å². The molecule has 0 amide bonds. The highest BCUT2D eigenvalue weighted by Crippen LogP contribution is 2.19. The largest absolute Gasteiger partial charge is 0.475 e. The Morgan fingerprint density at radius 3 is 2.85 bits per heavy atom. The molecule has 1 aromatic carbocycles. The Balaban J connectivity index is 2.68. The Kier molecular flexibility index (Phi) is 1.55. The van der Waals surface area contributed by atoms with Crippen molar-refractivity contribution in [3.63, 3.8) is 0 Å². The number of hydrogen-bond acceptors (Lipinski definition) is 2. The van der Waals surface area contributed by atoms with Crippen molar-refractivity contribution in [1.82, 2.24) is 0 Å². The molecule has 1 aromatic heterocycles. The van der Waals surface area contributed by atoms with E-state index in [0.717, 1.165) is 0 Å². The zero-order chi connectivity index (χ0) is 9.42. The summed E-state index contributed by atoms with van der Waals surface area (Å²) in [5, 5.41) is 9.02. The van der Waals surface area contributed by atoms with Crippen LogP contribution in [0.4, 0.5) is 4.39 Å². The molecule has 0 aliphatic carbocycles. The average Bonchev–Trinajstić information content (AvgIpc) is 2.46. The van der Waals surface area contributed by atoms with Crippen LogP contribution >= 0.6 is 0 Å². The van der Waals surface area contributed by atoms with Crippen LogP contribution in [0.15, 0.2) is 28.7 Å². The lowest BCUT2D eigenvalue weighted by Gasteiger charge is -1.86. The van der Waals surface area contributed by atoms with Crippen molar-refractivity contribution < 1.29 is 18.7 Å². The summed E-state index contributed by atoms with van der Waals surface area (Å²) in [5.41, 5.74) is 0.374.